The average molecular weight is 334 g/mol. The zero-order valence-electron chi connectivity index (χ0n) is 8.82. The quantitative estimate of drug-likeness (QED) is 0.907. The number of aliphatic hydroxyl groups excluding tert-OH is 1. The van der Waals surface area contributed by atoms with Crippen LogP contribution in [0.4, 0.5) is 0 Å². The predicted octanol–water partition coefficient (Wildman–Crippen LogP) is 4.24. The minimum Gasteiger partial charge on any atom is -0.488 e. The summed E-state index contributed by atoms with van der Waals surface area (Å²) < 4.78 is 6.71. The SMILES string of the molecule is OCc1cc(Cl)ccc1OCc1sccc1Br. The highest BCUT2D eigenvalue weighted by Crippen LogP contribution is 2.27. The Morgan fingerprint density at radius 1 is 1.35 bits per heavy atom. The summed E-state index contributed by atoms with van der Waals surface area (Å²) >= 11 is 10.9. The maximum atomic E-state index is 9.21. The van der Waals surface area contributed by atoms with Gasteiger partial charge < -0.3 is 9.84 Å². The molecule has 2 nitrogen and oxygen atoms in total. The first-order valence-corrected chi connectivity index (χ1v) is 6.99. The third-order valence-corrected chi connectivity index (χ3v) is 4.38. The topological polar surface area (TPSA) is 29.5 Å². The lowest BCUT2D eigenvalue weighted by molar-refractivity contribution is 0.260. The smallest absolute Gasteiger partial charge is 0.125 e. The lowest BCUT2D eigenvalue weighted by Crippen LogP contribution is -1.97. The molecule has 0 atom stereocenters. The van der Waals surface area contributed by atoms with E-state index < -0.39 is 0 Å². The summed E-state index contributed by atoms with van der Waals surface area (Å²) in [6.07, 6.45) is 0. The van der Waals surface area contributed by atoms with Crippen LogP contribution in [0.2, 0.25) is 5.02 Å². The molecule has 0 fully saturated rings. The van der Waals surface area contributed by atoms with Gasteiger partial charge in [0.15, 0.2) is 0 Å². The molecule has 1 N–H and O–H groups in total. The number of benzene rings is 1. The van der Waals surface area contributed by atoms with Crippen LogP contribution in [0.3, 0.4) is 0 Å². The van der Waals surface area contributed by atoms with Gasteiger partial charge in [-0.05, 0) is 45.6 Å². The maximum Gasteiger partial charge on any atom is 0.125 e. The van der Waals surface area contributed by atoms with Crippen molar-refractivity contribution >= 4 is 38.9 Å². The third kappa shape index (κ3) is 3.22. The normalized spacial score (nSPS) is 10.5. The van der Waals surface area contributed by atoms with Crippen LogP contribution < -0.4 is 4.74 Å². The fourth-order valence-corrected chi connectivity index (χ4v) is 2.96. The summed E-state index contributed by atoms with van der Waals surface area (Å²) in [5.41, 5.74) is 0.699. The second-order valence-corrected chi connectivity index (χ2v) is 5.68. The van der Waals surface area contributed by atoms with Crippen LogP contribution in [0, 0.1) is 0 Å². The number of thiophene rings is 1. The van der Waals surface area contributed by atoms with Crippen molar-refractivity contribution in [2.45, 2.75) is 13.2 Å². The van der Waals surface area contributed by atoms with E-state index in [2.05, 4.69) is 15.9 Å². The monoisotopic (exact) mass is 332 g/mol. The number of halogens is 2. The van der Waals surface area contributed by atoms with Gasteiger partial charge in [-0.25, -0.2) is 0 Å². The molecule has 1 heterocycles. The van der Waals surface area contributed by atoms with Gasteiger partial charge in [0.2, 0.25) is 0 Å². The molecule has 1 aromatic carbocycles. The highest BCUT2D eigenvalue weighted by atomic mass is 79.9. The summed E-state index contributed by atoms with van der Waals surface area (Å²) in [4.78, 5) is 1.11. The van der Waals surface area contributed by atoms with Crippen molar-refractivity contribution in [1.29, 1.82) is 0 Å². The standard InChI is InChI=1S/C12H10BrClO2S/c13-10-3-4-17-12(10)7-16-11-2-1-9(14)5-8(11)6-15/h1-5,15H,6-7H2. The zero-order chi connectivity index (χ0) is 12.3. The number of ether oxygens (including phenoxy) is 1. The fourth-order valence-electron chi connectivity index (χ4n) is 1.38. The molecule has 17 heavy (non-hydrogen) atoms. The molecule has 0 unspecified atom stereocenters. The highest BCUT2D eigenvalue weighted by molar-refractivity contribution is 9.10. The van der Waals surface area contributed by atoms with E-state index in [4.69, 9.17) is 16.3 Å². The molecule has 0 saturated heterocycles. The average Bonchev–Trinajstić information content (AvgIpc) is 2.73. The lowest BCUT2D eigenvalue weighted by atomic mass is 10.2. The Balaban J connectivity index is 2.11. The number of hydrogen-bond donors (Lipinski definition) is 1. The molecule has 2 rings (SSSR count). The number of hydrogen-bond acceptors (Lipinski definition) is 3. The van der Waals surface area contributed by atoms with Crippen molar-refractivity contribution in [3.8, 4) is 5.75 Å². The summed E-state index contributed by atoms with van der Waals surface area (Å²) in [5.74, 6) is 0.664. The molecule has 0 bridgehead atoms. The van der Waals surface area contributed by atoms with Crippen molar-refractivity contribution < 1.29 is 9.84 Å². The van der Waals surface area contributed by atoms with E-state index in [0.717, 1.165) is 9.35 Å². The largest absolute Gasteiger partial charge is 0.488 e. The second-order valence-electron chi connectivity index (χ2n) is 3.39. The first-order chi connectivity index (χ1) is 8.20. The Kier molecular flexibility index (Phi) is 4.45. The third-order valence-electron chi connectivity index (χ3n) is 2.24. The van der Waals surface area contributed by atoms with E-state index in [9.17, 15) is 5.11 Å². The molecule has 0 saturated carbocycles. The Labute approximate surface area is 117 Å². The van der Waals surface area contributed by atoms with Crippen LogP contribution in [-0.4, -0.2) is 5.11 Å². The van der Waals surface area contributed by atoms with E-state index in [1.54, 1.807) is 29.5 Å². The van der Waals surface area contributed by atoms with E-state index in [-0.39, 0.29) is 6.61 Å². The van der Waals surface area contributed by atoms with Gasteiger partial charge >= 0.3 is 0 Å². The van der Waals surface area contributed by atoms with E-state index in [1.165, 1.54) is 0 Å². The molecule has 0 radical (unpaired) electrons. The fraction of sp³-hybridized carbons (Fsp3) is 0.167. The van der Waals surface area contributed by atoms with Crippen LogP contribution >= 0.6 is 38.9 Å². The van der Waals surface area contributed by atoms with Crippen LogP contribution in [0.15, 0.2) is 34.1 Å². The van der Waals surface area contributed by atoms with Crippen LogP contribution in [0.5, 0.6) is 5.75 Å². The van der Waals surface area contributed by atoms with Crippen molar-refractivity contribution in [2.24, 2.45) is 0 Å². The summed E-state index contributed by atoms with van der Waals surface area (Å²) in [5, 5.41) is 11.8. The second kappa shape index (κ2) is 5.87. The number of aliphatic hydroxyl groups is 1. The molecule has 1 aromatic heterocycles. The minimum atomic E-state index is -0.0818. The van der Waals surface area contributed by atoms with Crippen LogP contribution in [-0.2, 0) is 13.2 Å². The Bertz CT molecular complexity index is 513. The van der Waals surface area contributed by atoms with Gasteiger partial charge in [-0.1, -0.05) is 11.6 Å². The molecule has 0 aliphatic heterocycles. The van der Waals surface area contributed by atoms with Gasteiger partial charge in [0.25, 0.3) is 0 Å². The highest BCUT2D eigenvalue weighted by Gasteiger charge is 2.06. The first-order valence-electron chi connectivity index (χ1n) is 4.94. The van der Waals surface area contributed by atoms with Gasteiger partial charge in [0, 0.05) is 15.1 Å². The molecular formula is C12H10BrClO2S. The zero-order valence-corrected chi connectivity index (χ0v) is 12.0. The van der Waals surface area contributed by atoms with E-state index in [1.807, 2.05) is 11.4 Å². The molecule has 0 aliphatic rings. The molecule has 0 spiro atoms. The maximum absolute atomic E-state index is 9.21. The molecule has 0 amide bonds. The van der Waals surface area contributed by atoms with Crippen molar-refractivity contribution in [3.63, 3.8) is 0 Å². The van der Waals surface area contributed by atoms with Gasteiger partial charge in [0.1, 0.15) is 12.4 Å². The predicted molar refractivity (Wildman–Crippen MR) is 73.7 cm³/mol. The Morgan fingerprint density at radius 2 is 2.18 bits per heavy atom. The van der Waals surface area contributed by atoms with Gasteiger partial charge in [-0.3, -0.25) is 0 Å². The van der Waals surface area contributed by atoms with Crippen molar-refractivity contribution in [2.75, 3.05) is 0 Å². The van der Waals surface area contributed by atoms with Crippen LogP contribution in [0.1, 0.15) is 10.4 Å². The molecular weight excluding hydrogens is 324 g/mol. The Hall–Kier alpha value is -0.550. The van der Waals surface area contributed by atoms with Gasteiger partial charge in [-0.15, -0.1) is 11.3 Å². The minimum absolute atomic E-state index is 0.0818. The summed E-state index contributed by atoms with van der Waals surface area (Å²) in [6, 6.07) is 7.22. The summed E-state index contributed by atoms with van der Waals surface area (Å²) in [6.45, 7) is 0.397. The first kappa shape index (κ1) is 12.9. The molecule has 5 heteroatoms. The van der Waals surface area contributed by atoms with E-state index in [0.29, 0.717) is 22.9 Å². The van der Waals surface area contributed by atoms with Gasteiger partial charge in [-0.2, -0.15) is 0 Å². The van der Waals surface area contributed by atoms with Crippen LogP contribution in [0.25, 0.3) is 0 Å². The van der Waals surface area contributed by atoms with Gasteiger partial charge in [0.05, 0.1) is 11.5 Å². The number of rotatable bonds is 4. The molecule has 0 aliphatic carbocycles. The summed E-state index contributed by atoms with van der Waals surface area (Å²) in [7, 11) is 0. The lowest BCUT2D eigenvalue weighted by Gasteiger charge is -2.09. The molecule has 2 aromatic rings. The van der Waals surface area contributed by atoms with Crippen molar-refractivity contribution in [3.05, 3.63) is 49.6 Å². The Morgan fingerprint density at radius 3 is 2.82 bits per heavy atom. The van der Waals surface area contributed by atoms with E-state index >= 15 is 0 Å². The van der Waals surface area contributed by atoms with Crippen molar-refractivity contribution in [1.82, 2.24) is 0 Å². The molecule has 90 valence electrons.